The van der Waals surface area contributed by atoms with E-state index in [0.29, 0.717) is 5.56 Å². The van der Waals surface area contributed by atoms with E-state index < -0.39 is 17.9 Å². The highest BCUT2D eigenvalue weighted by atomic mass is 16.6. The summed E-state index contributed by atoms with van der Waals surface area (Å²) in [5.41, 5.74) is 2.44. The lowest BCUT2D eigenvalue weighted by atomic mass is 10.1. The molecule has 0 aromatic heterocycles. The molecule has 0 spiro atoms. The van der Waals surface area contributed by atoms with Gasteiger partial charge in [0.15, 0.2) is 0 Å². The van der Waals surface area contributed by atoms with Crippen LogP contribution in [0.25, 0.3) is 0 Å². The van der Waals surface area contributed by atoms with Gasteiger partial charge in [-0.2, -0.15) is 0 Å². The molecule has 0 radical (unpaired) electrons. The summed E-state index contributed by atoms with van der Waals surface area (Å²) in [5.74, 6) is -1.10. The third-order valence-corrected chi connectivity index (χ3v) is 3.25. The molecule has 114 valence electrons. The number of carbonyl (C=O) groups is 2. The van der Waals surface area contributed by atoms with Crippen LogP contribution in [0, 0.1) is 6.92 Å². The molecule has 2 aromatic rings. The molecule has 0 saturated heterocycles. The molecule has 4 heteroatoms. The molecule has 4 nitrogen and oxygen atoms in total. The number of esters is 1. The highest BCUT2D eigenvalue weighted by Crippen LogP contribution is 2.12. The first-order chi connectivity index (χ1) is 10.6. The van der Waals surface area contributed by atoms with Gasteiger partial charge < -0.3 is 9.47 Å². The SMILES string of the molecule is COC(=O)C(OCc1ccc(C)cc1)C(=O)c1ccccc1. The van der Waals surface area contributed by atoms with E-state index in [2.05, 4.69) is 4.74 Å². The highest BCUT2D eigenvalue weighted by molar-refractivity contribution is 6.11. The van der Waals surface area contributed by atoms with Crippen LogP contribution >= 0.6 is 0 Å². The first-order valence-electron chi connectivity index (χ1n) is 6.96. The van der Waals surface area contributed by atoms with E-state index in [0.717, 1.165) is 11.1 Å². The zero-order chi connectivity index (χ0) is 15.9. The summed E-state index contributed by atoms with van der Waals surface area (Å²) in [6.45, 7) is 2.15. The summed E-state index contributed by atoms with van der Waals surface area (Å²) in [4.78, 5) is 24.2. The largest absolute Gasteiger partial charge is 0.467 e. The predicted molar refractivity (Wildman–Crippen MR) is 82.5 cm³/mol. The number of hydrogen-bond acceptors (Lipinski definition) is 4. The summed E-state index contributed by atoms with van der Waals surface area (Å²) >= 11 is 0. The van der Waals surface area contributed by atoms with Gasteiger partial charge in [0.2, 0.25) is 11.9 Å². The van der Waals surface area contributed by atoms with Crippen LogP contribution in [-0.4, -0.2) is 25.0 Å². The van der Waals surface area contributed by atoms with Crippen molar-refractivity contribution in [1.82, 2.24) is 0 Å². The van der Waals surface area contributed by atoms with E-state index in [4.69, 9.17) is 4.74 Å². The molecule has 1 unspecified atom stereocenters. The van der Waals surface area contributed by atoms with Crippen molar-refractivity contribution in [3.05, 3.63) is 71.3 Å². The average molecular weight is 298 g/mol. The second kappa shape index (κ2) is 7.52. The number of carbonyl (C=O) groups excluding carboxylic acids is 2. The maximum atomic E-state index is 12.4. The van der Waals surface area contributed by atoms with Crippen LogP contribution in [0.1, 0.15) is 21.5 Å². The maximum Gasteiger partial charge on any atom is 0.343 e. The summed E-state index contributed by atoms with van der Waals surface area (Å²) in [6.07, 6.45) is -1.26. The lowest BCUT2D eigenvalue weighted by molar-refractivity contribution is -0.151. The van der Waals surface area contributed by atoms with Crippen LogP contribution in [0.3, 0.4) is 0 Å². The lowest BCUT2D eigenvalue weighted by Gasteiger charge is -2.15. The van der Waals surface area contributed by atoms with Gasteiger partial charge in [-0.25, -0.2) is 4.79 Å². The van der Waals surface area contributed by atoms with E-state index in [1.807, 2.05) is 31.2 Å². The summed E-state index contributed by atoms with van der Waals surface area (Å²) in [6, 6.07) is 16.3. The number of benzene rings is 2. The molecule has 0 amide bonds. The summed E-state index contributed by atoms with van der Waals surface area (Å²) in [7, 11) is 1.24. The molecule has 0 saturated carbocycles. The van der Waals surface area contributed by atoms with Crippen molar-refractivity contribution in [3.8, 4) is 0 Å². The normalized spacial score (nSPS) is 11.7. The second-order valence-corrected chi connectivity index (χ2v) is 4.93. The third-order valence-electron chi connectivity index (χ3n) is 3.25. The molecule has 22 heavy (non-hydrogen) atoms. The van der Waals surface area contributed by atoms with Crippen LogP contribution < -0.4 is 0 Å². The van der Waals surface area contributed by atoms with Crippen molar-refractivity contribution in [3.63, 3.8) is 0 Å². The Kier molecular flexibility index (Phi) is 5.44. The molecule has 0 aliphatic carbocycles. The lowest BCUT2D eigenvalue weighted by Crippen LogP contribution is -2.34. The van der Waals surface area contributed by atoms with Crippen LogP contribution in [-0.2, 0) is 20.9 Å². The fraction of sp³-hybridized carbons (Fsp3) is 0.222. The van der Waals surface area contributed by atoms with Crippen molar-refractivity contribution in [2.45, 2.75) is 19.6 Å². The number of aryl methyl sites for hydroxylation is 1. The van der Waals surface area contributed by atoms with Crippen LogP contribution in [0.15, 0.2) is 54.6 Å². The van der Waals surface area contributed by atoms with Crippen molar-refractivity contribution in [2.24, 2.45) is 0 Å². The smallest absolute Gasteiger partial charge is 0.343 e. The molecule has 0 aliphatic rings. The zero-order valence-corrected chi connectivity index (χ0v) is 12.6. The molecular weight excluding hydrogens is 280 g/mol. The first-order valence-corrected chi connectivity index (χ1v) is 6.96. The predicted octanol–water partition coefficient (Wildman–Crippen LogP) is 2.94. The Hall–Kier alpha value is -2.46. The van der Waals surface area contributed by atoms with Crippen LogP contribution in [0.2, 0.25) is 0 Å². The van der Waals surface area contributed by atoms with Crippen molar-refractivity contribution >= 4 is 11.8 Å². The Morgan fingerprint density at radius 1 is 1.00 bits per heavy atom. The number of methoxy groups -OCH3 is 1. The third kappa shape index (κ3) is 4.02. The first kappa shape index (κ1) is 15.9. The van der Waals surface area contributed by atoms with Gasteiger partial charge in [-0.15, -0.1) is 0 Å². The van der Waals surface area contributed by atoms with Crippen molar-refractivity contribution in [1.29, 1.82) is 0 Å². The number of Topliss-reactive ketones (excluding diaryl/α,β-unsaturated/α-hetero) is 1. The standard InChI is InChI=1S/C18H18O4/c1-13-8-10-14(11-9-13)12-22-17(18(20)21-2)16(19)15-6-4-3-5-7-15/h3-11,17H,12H2,1-2H3. The summed E-state index contributed by atoms with van der Waals surface area (Å²) in [5, 5.41) is 0. The highest BCUT2D eigenvalue weighted by Gasteiger charge is 2.29. The topological polar surface area (TPSA) is 52.6 Å². The van der Waals surface area contributed by atoms with Gasteiger partial charge in [-0.3, -0.25) is 4.79 Å². The van der Waals surface area contributed by atoms with Gasteiger partial charge in [0.1, 0.15) is 0 Å². The van der Waals surface area contributed by atoms with Gasteiger partial charge >= 0.3 is 5.97 Å². The maximum absolute atomic E-state index is 12.4. The quantitative estimate of drug-likeness (QED) is 0.467. The molecule has 1 atom stereocenters. The molecule has 2 aromatic carbocycles. The van der Waals surface area contributed by atoms with Gasteiger partial charge in [-0.05, 0) is 12.5 Å². The fourth-order valence-corrected chi connectivity index (χ4v) is 1.98. The molecule has 0 N–H and O–H groups in total. The average Bonchev–Trinajstić information content (AvgIpc) is 2.57. The van der Waals surface area contributed by atoms with E-state index in [1.165, 1.54) is 7.11 Å². The van der Waals surface area contributed by atoms with E-state index in [1.54, 1.807) is 30.3 Å². The molecular formula is C18H18O4. The van der Waals surface area contributed by atoms with Gasteiger partial charge in [0.25, 0.3) is 0 Å². The zero-order valence-electron chi connectivity index (χ0n) is 12.6. The molecule has 0 aliphatic heterocycles. The molecule has 0 fully saturated rings. The minimum atomic E-state index is -1.26. The molecule has 2 rings (SSSR count). The van der Waals surface area contributed by atoms with Crippen molar-refractivity contribution in [2.75, 3.05) is 7.11 Å². The fourth-order valence-electron chi connectivity index (χ4n) is 1.98. The number of hydrogen-bond donors (Lipinski definition) is 0. The Balaban J connectivity index is 2.11. The van der Waals surface area contributed by atoms with Gasteiger partial charge in [0.05, 0.1) is 13.7 Å². The monoisotopic (exact) mass is 298 g/mol. The Bertz CT molecular complexity index is 632. The second-order valence-electron chi connectivity index (χ2n) is 4.93. The van der Waals surface area contributed by atoms with E-state index in [-0.39, 0.29) is 6.61 Å². The minimum absolute atomic E-state index is 0.165. The van der Waals surface area contributed by atoms with Crippen LogP contribution in [0.4, 0.5) is 0 Å². The molecule has 0 bridgehead atoms. The molecule has 0 heterocycles. The van der Waals surface area contributed by atoms with Crippen LogP contribution in [0.5, 0.6) is 0 Å². The van der Waals surface area contributed by atoms with E-state index >= 15 is 0 Å². The Morgan fingerprint density at radius 3 is 2.23 bits per heavy atom. The van der Waals surface area contributed by atoms with Gasteiger partial charge in [-0.1, -0.05) is 60.2 Å². The van der Waals surface area contributed by atoms with Gasteiger partial charge in [0, 0.05) is 5.56 Å². The van der Waals surface area contributed by atoms with E-state index in [9.17, 15) is 9.59 Å². The minimum Gasteiger partial charge on any atom is -0.467 e. The number of ketones is 1. The Labute approximate surface area is 129 Å². The van der Waals surface area contributed by atoms with Crippen molar-refractivity contribution < 1.29 is 19.1 Å². The number of ether oxygens (including phenoxy) is 2. The summed E-state index contributed by atoms with van der Waals surface area (Å²) < 4.78 is 10.2. The number of rotatable bonds is 6. The Morgan fingerprint density at radius 2 is 1.64 bits per heavy atom.